The van der Waals surface area contributed by atoms with E-state index in [1.54, 1.807) is 23.9 Å². The number of anilines is 3. The van der Waals surface area contributed by atoms with Crippen LogP contribution in [0, 0.1) is 5.82 Å². The van der Waals surface area contributed by atoms with Gasteiger partial charge in [0.05, 0.1) is 17.1 Å². The molecule has 0 aliphatic heterocycles. The van der Waals surface area contributed by atoms with Crippen LogP contribution in [0.5, 0.6) is 0 Å². The number of aromatic nitrogens is 2. The van der Waals surface area contributed by atoms with Crippen LogP contribution in [0.15, 0.2) is 22.7 Å². The van der Waals surface area contributed by atoms with Crippen LogP contribution < -0.4 is 11.1 Å². The van der Waals surface area contributed by atoms with Crippen LogP contribution >= 0.6 is 15.9 Å². The molecule has 0 bridgehead atoms. The summed E-state index contributed by atoms with van der Waals surface area (Å²) in [5, 5.41) is 7.34. The molecule has 2 rings (SSSR count). The Morgan fingerprint density at radius 1 is 1.47 bits per heavy atom. The molecule has 0 aliphatic rings. The van der Waals surface area contributed by atoms with Crippen molar-refractivity contribution < 1.29 is 4.39 Å². The van der Waals surface area contributed by atoms with E-state index in [0.717, 1.165) is 23.0 Å². The number of nitrogens with one attached hydrogen (secondary N) is 1. The summed E-state index contributed by atoms with van der Waals surface area (Å²) in [5.41, 5.74) is 7.82. The highest BCUT2D eigenvalue weighted by molar-refractivity contribution is 9.10. The van der Waals surface area contributed by atoms with E-state index >= 15 is 0 Å². The van der Waals surface area contributed by atoms with E-state index in [4.69, 9.17) is 5.73 Å². The highest BCUT2D eigenvalue weighted by Gasteiger charge is 2.14. The predicted molar refractivity (Wildman–Crippen MR) is 79.0 cm³/mol. The third kappa shape index (κ3) is 2.89. The number of hydrogen-bond donors (Lipinski definition) is 2. The minimum atomic E-state index is -0.333. The number of nitrogens with two attached hydrogens (primary N) is 1. The molecule has 0 amide bonds. The van der Waals surface area contributed by atoms with Gasteiger partial charge < -0.3 is 11.1 Å². The number of benzene rings is 1. The van der Waals surface area contributed by atoms with Crippen LogP contribution in [0.4, 0.5) is 21.6 Å². The zero-order chi connectivity index (χ0) is 14.0. The van der Waals surface area contributed by atoms with Gasteiger partial charge in [0.1, 0.15) is 5.82 Å². The van der Waals surface area contributed by atoms with E-state index < -0.39 is 0 Å². The number of aryl methyl sites for hydroxylation is 2. The molecule has 1 heterocycles. The van der Waals surface area contributed by atoms with Crippen molar-refractivity contribution in [3.63, 3.8) is 0 Å². The molecule has 0 saturated carbocycles. The summed E-state index contributed by atoms with van der Waals surface area (Å²) in [6, 6.07) is 4.71. The Kier molecular flexibility index (Phi) is 4.09. The van der Waals surface area contributed by atoms with Gasteiger partial charge in [-0.2, -0.15) is 5.10 Å². The Labute approximate surface area is 119 Å². The quantitative estimate of drug-likeness (QED) is 0.902. The van der Waals surface area contributed by atoms with Crippen molar-refractivity contribution in [1.29, 1.82) is 0 Å². The molecular formula is C13H16BrFN4. The summed E-state index contributed by atoms with van der Waals surface area (Å²) in [7, 11) is 1.79. The van der Waals surface area contributed by atoms with E-state index in [0.29, 0.717) is 17.2 Å². The summed E-state index contributed by atoms with van der Waals surface area (Å²) in [6.45, 7) is 2.06. The zero-order valence-electron chi connectivity index (χ0n) is 10.9. The molecule has 2 aromatic rings. The Balaban J connectivity index is 2.35. The van der Waals surface area contributed by atoms with Gasteiger partial charge in [-0.1, -0.05) is 29.3 Å². The monoisotopic (exact) mass is 326 g/mol. The minimum Gasteiger partial charge on any atom is -0.394 e. The first kappa shape index (κ1) is 13.9. The van der Waals surface area contributed by atoms with Crippen molar-refractivity contribution >= 4 is 33.1 Å². The molecule has 1 aromatic heterocycles. The van der Waals surface area contributed by atoms with Gasteiger partial charge in [0.15, 0.2) is 5.82 Å². The first-order valence-electron chi connectivity index (χ1n) is 6.06. The molecule has 0 atom stereocenters. The SMILES string of the molecule is CCCc1nn(C)c(Nc2cc(Br)ccc2F)c1N. The number of hydrogen-bond acceptors (Lipinski definition) is 3. The Hall–Kier alpha value is -1.56. The lowest BCUT2D eigenvalue weighted by molar-refractivity contribution is 0.631. The highest BCUT2D eigenvalue weighted by Crippen LogP contribution is 2.29. The maximum atomic E-state index is 13.7. The smallest absolute Gasteiger partial charge is 0.152 e. The van der Waals surface area contributed by atoms with Gasteiger partial charge >= 0.3 is 0 Å². The van der Waals surface area contributed by atoms with Gasteiger partial charge in [0.25, 0.3) is 0 Å². The minimum absolute atomic E-state index is 0.333. The number of nitrogens with zero attached hydrogens (tertiary/aromatic N) is 2. The molecule has 0 spiro atoms. The Morgan fingerprint density at radius 3 is 2.89 bits per heavy atom. The second-order valence-electron chi connectivity index (χ2n) is 4.33. The maximum Gasteiger partial charge on any atom is 0.152 e. The first-order valence-corrected chi connectivity index (χ1v) is 6.85. The van der Waals surface area contributed by atoms with Crippen molar-refractivity contribution in [2.45, 2.75) is 19.8 Å². The van der Waals surface area contributed by atoms with E-state index in [2.05, 4.69) is 33.3 Å². The molecule has 1 aromatic carbocycles. The van der Waals surface area contributed by atoms with E-state index in [1.807, 2.05) is 0 Å². The molecular weight excluding hydrogens is 311 g/mol. The van der Waals surface area contributed by atoms with E-state index in [9.17, 15) is 4.39 Å². The van der Waals surface area contributed by atoms with Gasteiger partial charge in [-0.3, -0.25) is 4.68 Å². The summed E-state index contributed by atoms with van der Waals surface area (Å²) in [6.07, 6.45) is 1.77. The van der Waals surface area contributed by atoms with Crippen molar-refractivity contribution in [2.24, 2.45) is 7.05 Å². The van der Waals surface area contributed by atoms with Gasteiger partial charge in [0, 0.05) is 11.5 Å². The van der Waals surface area contributed by atoms with Crippen LogP contribution in [0.2, 0.25) is 0 Å². The largest absolute Gasteiger partial charge is 0.394 e. The zero-order valence-corrected chi connectivity index (χ0v) is 12.5. The van der Waals surface area contributed by atoms with Gasteiger partial charge in [0.2, 0.25) is 0 Å². The molecule has 19 heavy (non-hydrogen) atoms. The Bertz CT molecular complexity index is 595. The fraction of sp³-hybridized carbons (Fsp3) is 0.308. The highest BCUT2D eigenvalue weighted by atomic mass is 79.9. The van der Waals surface area contributed by atoms with Gasteiger partial charge in [-0.25, -0.2) is 4.39 Å². The van der Waals surface area contributed by atoms with Crippen LogP contribution in [-0.4, -0.2) is 9.78 Å². The Morgan fingerprint density at radius 2 is 2.21 bits per heavy atom. The van der Waals surface area contributed by atoms with Crippen LogP contribution in [0.3, 0.4) is 0 Å². The third-order valence-corrected chi connectivity index (χ3v) is 3.32. The van der Waals surface area contributed by atoms with Crippen LogP contribution in [0.1, 0.15) is 19.0 Å². The first-order chi connectivity index (χ1) is 9.02. The lowest BCUT2D eigenvalue weighted by Gasteiger charge is -2.09. The molecule has 3 N–H and O–H groups in total. The van der Waals surface area contributed by atoms with Gasteiger partial charge in [-0.05, 0) is 24.6 Å². The lowest BCUT2D eigenvalue weighted by atomic mass is 10.2. The van der Waals surface area contributed by atoms with Crippen molar-refractivity contribution in [3.8, 4) is 0 Å². The predicted octanol–water partition coefficient (Wildman–Crippen LogP) is 3.60. The van der Waals surface area contributed by atoms with E-state index in [1.165, 1.54) is 6.07 Å². The number of nitrogen functional groups attached to an aromatic ring is 1. The fourth-order valence-corrected chi connectivity index (χ4v) is 2.25. The molecule has 0 radical (unpaired) electrons. The average Bonchev–Trinajstić information content (AvgIpc) is 2.62. The molecule has 0 unspecified atom stereocenters. The molecule has 0 aliphatic carbocycles. The summed E-state index contributed by atoms with van der Waals surface area (Å²) in [4.78, 5) is 0. The number of halogens is 2. The van der Waals surface area contributed by atoms with E-state index in [-0.39, 0.29) is 5.82 Å². The third-order valence-electron chi connectivity index (χ3n) is 2.83. The normalized spacial score (nSPS) is 10.7. The average molecular weight is 327 g/mol. The summed E-state index contributed by atoms with van der Waals surface area (Å²) < 4.78 is 16.2. The molecule has 0 saturated heterocycles. The summed E-state index contributed by atoms with van der Waals surface area (Å²) >= 11 is 3.32. The molecule has 102 valence electrons. The van der Waals surface area contributed by atoms with Crippen molar-refractivity contribution in [2.75, 3.05) is 11.1 Å². The van der Waals surface area contributed by atoms with Crippen molar-refractivity contribution in [3.05, 3.63) is 34.2 Å². The number of rotatable bonds is 4. The van der Waals surface area contributed by atoms with Gasteiger partial charge in [-0.15, -0.1) is 0 Å². The summed E-state index contributed by atoms with van der Waals surface area (Å²) in [5.74, 6) is 0.279. The molecule has 0 fully saturated rings. The molecule has 6 heteroatoms. The molecule has 4 nitrogen and oxygen atoms in total. The second-order valence-corrected chi connectivity index (χ2v) is 5.25. The standard InChI is InChI=1S/C13H16BrFN4/c1-3-4-10-12(16)13(19(2)18-10)17-11-7-8(14)5-6-9(11)15/h5-7,17H,3-4,16H2,1-2H3. The van der Waals surface area contributed by atoms with Crippen molar-refractivity contribution in [1.82, 2.24) is 9.78 Å². The lowest BCUT2D eigenvalue weighted by Crippen LogP contribution is -2.02. The fourth-order valence-electron chi connectivity index (χ4n) is 1.89. The van der Waals surface area contributed by atoms with Crippen LogP contribution in [0.25, 0.3) is 0 Å². The van der Waals surface area contributed by atoms with Crippen LogP contribution in [-0.2, 0) is 13.5 Å². The maximum absolute atomic E-state index is 13.7. The topological polar surface area (TPSA) is 55.9 Å². The second kappa shape index (κ2) is 5.61.